The lowest BCUT2D eigenvalue weighted by atomic mass is 9.93. The molecule has 0 spiro atoms. The summed E-state index contributed by atoms with van der Waals surface area (Å²) < 4.78 is 0. The number of amides is 2. The van der Waals surface area contributed by atoms with E-state index in [2.05, 4.69) is 10.2 Å². The molecular weight excluding hydrogens is 328 g/mol. The molecule has 142 valence electrons. The second-order valence-corrected chi connectivity index (χ2v) is 7.35. The van der Waals surface area contributed by atoms with E-state index in [4.69, 9.17) is 5.73 Å². The third-order valence-electron chi connectivity index (χ3n) is 5.64. The Morgan fingerprint density at radius 1 is 1.08 bits per heavy atom. The first-order valence-corrected chi connectivity index (χ1v) is 9.71. The van der Waals surface area contributed by atoms with Crippen LogP contribution in [0.25, 0.3) is 0 Å². The number of piperidine rings is 2. The average Bonchev–Trinajstić information content (AvgIpc) is 2.72. The Hall–Kier alpha value is -1.92. The number of rotatable bonds is 5. The van der Waals surface area contributed by atoms with Gasteiger partial charge in [0.15, 0.2) is 0 Å². The van der Waals surface area contributed by atoms with Crippen LogP contribution in [0.2, 0.25) is 0 Å². The van der Waals surface area contributed by atoms with Gasteiger partial charge in [0.25, 0.3) is 0 Å². The summed E-state index contributed by atoms with van der Waals surface area (Å²) in [5.74, 6) is 0.269. The Labute approximate surface area is 155 Å². The Balaban J connectivity index is 1.46. The number of nitrogens with one attached hydrogen (secondary N) is 1. The third-order valence-corrected chi connectivity index (χ3v) is 5.64. The lowest BCUT2D eigenvalue weighted by molar-refractivity contribution is -0.131. The van der Waals surface area contributed by atoms with Crippen molar-refractivity contribution >= 4 is 11.8 Å². The minimum atomic E-state index is 0.0419. The number of nitrogens with zero attached hydrogens (tertiary/aromatic N) is 2. The van der Waals surface area contributed by atoms with E-state index in [1.807, 2.05) is 35.2 Å². The van der Waals surface area contributed by atoms with Gasteiger partial charge in [0.05, 0.1) is 12.5 Å². The molecule has 0 radical (unpaired) electrons. The number of likely N-dealkylation sites (tertiary alicyclic amines) is 2. The Morgan fingerprint density at radius 3 is 2.50 bits per heavy atom. The predicted molar refractivity (Wildman–Crippen MR) is 101 cm³/mol. The standard InChI is InChI=1S/C20H30N4O2/c21-13-19(25)23-11-8-18(9-12-23)24-10-4-7-17(15-24)20(26)22-14-16-5-2-1-3-6-16/h1-3,5-6,17-18H,4,7-15,21H2,(H,22,26). The minimum absolute atomic E-state index is 0.0419. The summed E-state index contributed by atoms with van der Waals surface area (Å²) in [5.41, 5.74) is 6.59. The molecule has 2 amide bonds. The van der Waals surface area contributed by atoms with Crippen LogP contribution in [0.4, 0.5) is 0 Å². The van der Waals surface area contributed by atoms with Crippen molar-refractivity contribution in [3.63, 3.8) is 0 Å². The van der Waals surface area contributed by atoms with Crippen molar-refractivity contribution in [2.75, 3.05) is 32.7 Å². The highest BCUT2D eigenvalue weighted by Gasteiger charge is 2.32. The third kappa shape index (κ3) is 4.83. The van der Waals surface area contributed by atoms with E-state index in [-0.39, 0.29) is 24.3 Å². The van der Waals surface area contributed by atoms with Crippen molar-refractivity contribution < 1.29 is 9.59 Å². The molecule has 26 heavy (non-hydrogen) atoms. The molecule has 2 aliphatic rings. The number of nitrogens with two attached hydrogens (primary N) is 1. The molecular formula is C20H30N4O2. The van der Waals surface area contributed by atoms with Crippen LogP contribution in [-0.2, 0) is 16.1 Å². The molecule has 1 aromatic rings. The number of hydrogen-bond donors (Lipinski definition) is 2. The average molecular weight is 358 g/mol. The molecule has 2 fully saturated rings. The molecule has 2 saturated heterocycles. The fourth-order valence-electron chi connectivity index (χ4n) is 4.09. The van der Waals surface area contributed by atoms with Crippen molar-refractivity contribution in [3.8, 4) is 0 Å². The lowest BCUT2D eigenvalue weighted by Crippen LogP contribution is -2.52. The summed E-state index contributed by atoms with van der Waals surface area (Å²) in [6, 6.07) is 10.5. The van der Waals surface area contributed by atoms with Gasteiger partial charge in [0, 0.05) is 32.2 Å². The van der Waals surface area contributed by atoms with E-state index in [0.29, 0.717) is 12.6 Å². The highest BCUT2D eigenvalue weighted by Crippen LogP contribution is 2.24. The van der Waals surface area contributed by atoms with Gasteiger partial charge in [-0.05, 0) is 37.8 Å². The SMILES string of the molecule is NCC(=O)N1CCC(N2CCCC(C(=O)NCc3ccccc3)C2)CC1. The van der Waals surface area contributed by atoms with Gasteiger partial charge in [-0.1, -0.05) is 30.3 Å². The van der Waals surface area contributed by atoms with Crippen LogP contribution in [0.3, 0.4) is 0 Å². The fraction of sp³-hybridized carbons (Fsp3) is 0.600. The molecule has 3 N–H and O–H groups in total. The van der Waals surface area contributed by atoms with Crippen LogP contribution in [-0.4, -0.2) is 60.4 Å². The molecule has 3 rings (SSSR count). The Morgan fingerprint density at radius 2 is 1.81 bits per heavy atom. The number of benzene rings is 1. The van der Waals surface area contributed by atoms with Gasteiger partial charge in [-0.3, -0.25) is 14.5 Å². The van der Waals surface area contributed by atoms with Crippen molar-refractivity contribution in [2.24, 2.45) is 11.7 Å². The van der Waals surface area contributed by atoms with Crippen molar-refractivity contribution in [2.45, 2.75) is 38.3 Å². The molecule has 0 aromatic heterocycles. The summed E-state index contributed by atoms with van der Waals surface area (Å²) in [5, 5.41) is 3.09. The second-order valence-electron chi connectivity index (χ2n) is 7.35. The maximum absolute atomic E-state index is 12.6. The van der Waals surface area contributed by atoms with Crippen LogP contribution in [0.1, 0.15) is 31.2 Å². The maximum Gasteiger partial charge on any atom is 0.236 e. The molecule has 0 bridgehead atoms. The zero-order valence-corrected chi connectivity index (χ0v) is 15.4. The molecule has 6 heteroatoms. The summed E-state index contributed by atoms with van der Waals surface area (Å²) in [6.45, 7) is 4.13. The normalized spacial score (nSPS) is 22.2. The molecule has 6 nitrogen and oxygen atoms in total. The van der Waals surface area contributed by atoms with E-state index in [0.717, 1.165) is 57.4 Å². The first-order chi connectivity index (χ1) is 12.7. The van der Waals surface area contributed by atoms with Gasteiger partial charge >= 0.3 is 0 Å². The van der Waals surface area contributed by atoms with E-state index < -0.39 is 0 Å². The smallest absolute Gasteiger partial charge is 0.236 e. The van der Waals surface area contributed by atoms with Crippen LogP contribution in [0.5, 0.6) is 0 Å². The van der Waals surface area contributed by atoms with Gasteiger partial charge in [-0.25, -0.2) is 0 Å². The van der Waals surface area contributed by atoms with Crippen LogP contribution in [0, 0.1) is 5.92 Å². The van der Waals surface area contributed by atoms with E-state index in [9.17, 15) is 9.59 Å². The molecule has 0 aliphatic carbocycles. The van der Waals surface area contributed by atoms with E-state index in [1.165, 1.54) is 0 Å². The molecule has 0 saturated carbocycles. The second kappa shape index (κ2) is 9.14. The first-order valence-electron chi connectivity index (χ1n) is 9.71. The van der Waals surface area contributed by atoms with Crippen molar-refractivity contribution in [3.05, 3.63) is 35.9 Å². The topological polar surface area (TPSA) is 78.7 Å². The zero-order valence-electron chi connectivity index (χ0n) is 15.4. The Bertz CT molecular complexity index is 599. The summed E-state index contributed by atoms with van der Waals surface area (Å²) >= 11 is 0. The largest absolute Gasteiger partial charge is 0.352 e. The molecule has 1 aromatic carbocycles. The quantitative estimate of drug-likeness (QED) is 0.822. The van der Waals surface area contributed by atoms with Crippen molar-refractivity contribution in [1.29, 1.82) is 0 Å². The van der Waals surface area contributed by atoms with Gasteiger partial charge < -0.3 is 16.0 Å². The minimum Gasteiger partial charge on any atom is -0.352 e. The number of carbonyl (C=O) groups is 2. The van der Waals surface area contributed by atoms with Crippen LogP contribution < -0.4 is 11.1 Å². The number of carbonyl (C=O) groups excluding carboxylic acids is 2. The van der Waals surface area contributed by atoms with Crippen LogP contribution in [0.15, 0.2) is 30.3 Å². The molecule has 1 unspecified atom stereocenters. The Kier molecular flexibility index (Phi) is 6.63. The predicted octanol–water partition coefficient (Wildman–Crippen LogP) is 0.965. The number of hydrogen-bond acceptors (Lipinski definition) is 4. The lowest BCUT2D eigenvalue weighted by Gasteiger charge is -2.42. The van der Waals surface area contributed by atoms with Gasteiger partial charge in [-0.2, -0.15) is 0 Å². The van der Waals surface area contributed by atoms with E-state index >= 15 is 0 Å². The first kappa shape index (κ1) is 18.9. The van der Waals surface area contributed by atoms with Gasteiger partial charge in [-0.15, -0.1) is 0 Å². The molecule has 2 heterocycles. The monoisotopic (exact) mass is 358 g/mol. The summed E-state index contributed by atoms with van der Waals surface area (Å²) in [7, 11) is 0. The van der Waals surface area contributed by atoms with Crippen LogP contribution >= 0.6 is 0 Å². The van der Waals surface area contributed by atoms with Gasteiger partial charge in [0.1, 0.15) is 0 Å². The molecule has 1 atom stereocenters. The van der Waals surface area contributed by atoms with E-state index in [1.54, 1.807) is 0 Å². The highest BCUT2D eigenvalue weighted by atomic mass is 16.2. The zero-order chi connectivity index (χ0) is 18.4. The van der Waals surface area contributed by atoms with Crippen molar-refractivity contribution in [1.82, 2.24) is 15.1 Å². The highest BCUT2D eigenvalue weighted by molar-refractivity contribution is 5.79. The summed E-state index contributed by atoms with van der Waals surface area (Å²) in [6.07, 6.45) is 3.97. The molecule has 2 aliphatic heterocycles. The summed E-state index contributed by atoms with van der Waals surface area (Å²) in [4.78, 5) is 28.6. The fourth-order valence-corrected chi connectivity index (χ4v) is 4.09. The van der Waals surface area contributed by atoms with Gasteiger partial charge in [0.2, 0.25) is 11.8 Å². The maximum atomic E-state index is 12.6.